The van der Waals surface area contributed by atoms with Crippen LogP contribution in [0, 0.1) is 0 Å². The van der Waals surface area contributed by atoms with E-state index in [1.165, 1.54) is 16.7 Å². The number of allylic oxidation sites excluding steroid dienone is 1. The molecule has 56 heavy (non-hydrogen) atoms. The van der Waals surface area contributed by atoms with E-state index in [4.69, 9.17) is 10.6 Å². The summed E-state index contributed by atoms with van der Waals surface area (Å²) < 4.78 is 4.24. The second-order valence-corrected chi connectivity index (χ2v) is 14.9. The lowest BCUT2D eigenvalue weighted by atomic mass is 9.80. The molecule has 0 radical (unpaired) electrons. The number of amides is 3. The summed E-state index contributed by atoms with van der Waals surface area (Å²) in [6, 6.07) is 27.4. The number of aliphatic carboxylic acids is 1. The van der Waals surface area contributed by atoms with Crippen LogP contribution < -0.4 is 16.4 Å². The molecule has 0 unspecified atom stereocenters. The molecule has 4 aliphatic rings. The minimum atomic E-state index is -1.34. The number of anilines is 1. The highest BCUT2D eigenvalue weighted by molar-refractivity contribution is 8.00. The molecule has 0 spiro atoms. The molecule has 3 aromatic carbocycles. The van der Waals surface area contributed by atoms with Crippen molar-refractivity contribution in [2.24, 2.45) is 5.16 Å². The fourth-order valence-electron chi connectivity index (χ4n) is 7.09. The number of carbonyl (C=O) groups excluding carboxylic acids is 3. The van der Waals surface area contributed by atoms with Gasteiger partial charge in [0.05, 0.1) is 6.04 Å². The maximum atomic E-state index is 14.2. The van der Waals surface area contributed by atoms with Gasteiger partial charge in [0.1, 0.15) is 17.1 Å². The lowest BCUT2D eigenvalue weighted by molar-refractivity contribution is -0.150. The average molecular weight is 836 g/mol. The van der Waals surface area contributed by atoms with Crippen LogP contribution in [0.1, 0.15) is 28.9 Å². The summed E-state index contributed by atoms with van der Waals surface area (Å²) in [6.45, 7) is 2.02. The molecule has 1 aromatic heterocycles. The minimum Gasteiger partial charge on any atom is -0.477 e. The van der Waals surface area contributed by atoms with Gasteiger partial charge >= 0.3 is 5.97 Å². The fourth-order valence-corrected chi connectivity index (χ4v) is 8.83. The van der Waals surface area contributed by atoms with Crippen LogP contribution in [0.5, 0.6) is 0 Å². The molecule has 2 atom stereocenters. The number of aromatic nitrogens is 2. The number of nitrogen functional groups attached to an aromatic ring is 1. The number of oxime groups is 1. The number of nitrogens with one attached hydrogen (secondary N) is 2. The zero-order chi connectivity index (χ0) is 37.4. The van der Waals surface area contributed by atoms with Crippen LogP contribution in [0.25, 0.3) is 0 Å². The third-order valence-electron chi connectivity index (χ3n) is 9.88. The number of likely N-dealkylation sites (tertiary alicyclic amines) is 1. The van der Waals surface area contributed by atoms with Crippen LogP contribution in [-0.2, 0) is 29.6 Å². The number of thioether (sulfide) groups is 1. The Hall–Kier alpha value is -5.26. The van der Waals surface area contributed by atoms with Crippen molar-refractivity contribution in [3.05, 3.63) is 136 Å². The molecule has 3 fully saturated rings. The predicted octanol–water partition coefficient (Wildman–Crippen LogP) is 3.55. The van der Waals surface area contributed by atoms with Crippen LogP contribution in [-0.4, -0.2) is 96.5 Å². The molecule has 0 aliphatic carbocycles. The Labute approximate surface area is 342 Å². The third kappa shape index (κ3) is 7.25. The Morgan fingerprint density at radius 2 is 1.55 bits per heavy atom. The Morgan fingerprint density at radius 3 is 2.05 bits per heavy atom. The summed E-state index contributed by atoms with van der Waals surface area (Å²) in [4.78, 5) is 67.3. The highest BCUT2D eigenvalue weighted by Gasteiger charge is 2.54. The van der Waals surface area contributed by atoms with Gasteiger partial charge in [-0.15, -0.1) is 36.6 Å². The summed E-state index contributed by atoms with van der Waals surface area (Å²) >= 11 is 2.16. The van der Waals surface area contributed by atoms with Gasteiger partial charge in [0.15, 0.2) is 5.13 Å². The molecule has 8 rings (SSSR count). The van der Waals surface area contributed by atoms with E-state index in [9.17, 15) is 24.3 Å². The Morgan fingerprint density at radius 1 is 0.964 bits per heavy atom. The fraction of sp³-hybridized carbons (Fsp3) is 0.237. The van der Waals surface area contributed by atoms with Crippen molar-refractivity contribution in [1.82, 2.24) is 29.8 Å². The average Bonchev–Trinajstić information content (AvgIpc) is 3.76. The highest BCUT2D eigenvalue weighted by Crippen LogP contribution is 2.43. The van der Waals surface area contributed by atoms with Gasteiger partial charge in [-0.2, -0.15) is 9.36 Å². The molecular weight excluding hydrogens is 800 g/mol. The number of β-lactam (4-membered cyclic amide) rings is 1. The van der Waals surface area contributed by atoms with Crippen molar-refractivity contribution in [2.75, 3.05) is 31.1 Å². The van der Waals surface area contributed by atoms with Crippen LogP contribution in [0.15, 0.2) is 119 Å². The summed E-state index contributed by atoms with van der Waals surface area (Å²) in [5.74, 6) is -2.74. The number of rotatable bonds is 11. The molecule has 0 saturated carbocycles. The number of benzene rings is 3. The summed E-state index contributed by atoms with van der Waals surface area (Å²) in [5.41, 5.74) is 7.14. The molecule has 290 valence electrons. The molecule has 0 bridgehead atoms. The first-order valence-electron chi connectivity index (χ1n) is 17.2. The van der Waals surface area contributed by atoms with Gasteiger partial charge in [-0.05, 0) is 18.1 Å². The standard InChI is InChI=1S/C38H34N8O6S2.2ClH/c39-37-42-31(44-54-37)28(43-52-38(24-10-4-1-5-11-24,25-12-6-2-7-13-25)26-14-8-3-9-15-26)32(47)41-29-34(49)46-30(36(50)51)23(21-53-35(29)46)18-22-16-17-45(33(22)48)27-19-40-20-27;;/h1-15,18,27,29,35,40H,16-17,19-21H2,(H,41,47)(H,50,51)(H2,39,42,44);2*1H/t29-,35-;;/m1../s1. The molecular formula is C38H36Cl2N8O6S2. The van der Waals surface area contributed by atoms with E-state index >= 15 is 0 Å². The number of hydrogen-bond acceptors (Lipinski definition) is 12. The maximum Gasteiger partial charge on any atom is 0.352 e. The third-order valence-corrected chi connectivity index (χ3v) is 11.7. The largest absolute Gasteiger partial charge is 0.477 e. The van der Waals surface area contributed by atoms with Crippen molar-refractivity contribution in [2.45, 2.75) is 29.5 Å². The van der Waals surface area contributed by atoms with Gasteiger partial charge in [-0.3, -0.25) is 19.3 Å². The topological polar surface area (TPSA) is 192 Å². The molecule has 18 heteroatoms. The number of carboxylic acids is 1. The van der Waals surface area contributed by atoms with Gasteiger partial charge < -0.3 is 31.2 Å². The lowest BCUT2D eigenvalue weighted by Crippen LogP contribution is -2.71. The van der Waals surface area contributed by atoms with E-state index in [2.05, 4.69) is 25.1 Å². The number of halogens is 2. The Bertz CT molecular complexity index is 2120. The van der Waals surface area contributed by atoms with Crippen molar-refractivity contribution >= 4 is 82.6 Å². The van der Waals surface area contributed by atoms with E-state index in [0.29, 0.717) is 24.1 Å². The maximum absolute atomic E-state index is 14.2. The van der Waals surface area contributed by atoms with Gasteiger partial charge in [0, 0.05) is 59.2 Å². The normalized spacial score (nSPS) is 20.4. The molecule has 5 heterocycles. The predicted molar refractivity (Wildman–Crippen MR) is 216 cm³/mol. The Balaban J connectivity index is 0.00000266. The SMILES string of the molecule is Cl.Cl.Nc1nc(C(=NOC(c2ccccc2)(c2ccccc2)c2ccccc2)C(=O)N[C@@H]2C(=O)N3C(C(=O)O)=C(C=C4CCN(C5CNC5)C4=O)CS[C@H]23)ns1. The highest BCUT2D eigenvalue weighted by atomic mass is 35.5. The first-order chi connectivity index (χ1) is 26.3. The summed E-state index contributed by atoms with van der Waals surface area (Å²) in [7, 11) is 0. The second kappa shape index (κ2) is 16.9. The van der Waals surface area contributed by atoms with Crippen LogP contribution in [0.4, 0.5) is 5.13 Å². The lowest BCUT2D eigenvalue weighted by Gasteiger charge is -2.49. The van der Waals surface area contributed by atoms with Crippen molar-refractivity contribution < 1.29 is 29.1 Å². The zero-order valence-electron chi connectivity index (χ0n) is 29.4. The first kappa shape index (κ1) is 40.4. The minimum absolute atomic E-state index is 0. The number of fused-ring (bicyclic) bond motifs is 1. The van der Waals surface area contributed by atoms with E-state index in [-0.39, 0.29) is 64.9 Å². The number of hydrogen-bond donors (Lipinski definition) is 4. The van der Waals surface area contributed by atoms with Gasteiger partial charge in [0.25, 0.3) is 11.8 Å². The smallest absolute Gasteiger partial charge is 0.352 e. The number of carboxylic acid groups (broad SMARTS) is 1. The second-order valence-electron chi connectivity index (χ2n) is 13.0. The van der Waals surface area contributed by atoms with Crippen LogP contribution in [0.3, 0.4) is 0 Å². The van der Waals surface area contributed by atoms with Crippen molar-refractivity contribution in [1.29, 1.82) is 0 Å². The van der Waals surface area contributed by atoms with Crippen LogP contribution in [0.2, 0.25) is 0 Å². The van der Waals surface area contributed by atoms with Gasteiger partial charge in [-0.1, -0.05) is 96.2 Å². The summed E-state index contributed by atoms with van der Waals surface area (Å²) in [5, 5.41) is 20.0. The number of nitrogens with zero attached hydrogens (tertiary/aromatic N) is 5. The van der Waals surface area contributed by atoms with Crippen molar-refractivity contribution in [3.63, 3.8) is 0 Å². The monoisotopic (exact) mass is 834 g/mol. The van der Waals surface area contributed by atoms with E-state index in [1.54, 1.807) is 11.0 Å². The molecule has 4 aliphatic heterocycles. The number of carbonyl (C=O) groups is 4. The Kier molecular flexibility index (Phi) is 12.2. The van der Waals surface area contributed by atoms with E-state index in [0.717, 1.165) is 41.3 Å². The van der Waals surface area contributed by atoms with Crippen LogP contribution >= 0.6 is 48.1 Å². The summed E-state index contributed by atoms with van der Waals surface area (Å²) in [6.07, 6.45) is 2.10. The van der Waals surface area contributed by atoms with E-state index in [1.807, 2.05) is 91.0 Å². The van der Waals surface area contributed by atoms with E-state index < -0.39 is 34.8 Å². The van der Waals surface area contributed by atoms with Gasteiger partial charge in [0.2, 0.25) is 23.0 Å². The molecule has 14 nitrogen and oxygen atoms in total. The molecule has 5 N–H and O–H groups in total. The molecule has 3 saturated heterocycles. The number of nitrogens with two attached hydrogens (primary N) is 1. The zero-order valence-corrected chi connectivity index (χ0v) is 32.7. The molecule has 3 amide bonds. The van der Waals surface area contributed by atoms with Crippen molar-refractivity contribution in [3.8, 4) is 0 Å². The first-order valence-corrected chi connectivity index (χ1v) is 19.0. The van der Waals surface area contributed by atoms with Gasteiger partial charge in [-0.25, -0.2) is 4.79 Å². The molecule has 4 aromatic rings. The quantitative estimate of drug-likeness (QED) is 0.0568.